The van der Waals surface area contributed by atoms with Crippen molar-refractivity contribution in [1.29, 1.82) is 5.26 Å². The monoisotopic (exact) mass is 227 g/mol. The lowest BCUT2D eigenvalue weighted by molar-refractivity contribution is 0.395. The highest BCUT2D eigenvalue weighted by Crippen LogP contribution is 2.17. The van der Waals surface area contributed by atoms with Crippen molar-refractivity contribution < 1.29 is 4.74 Å². The van der Waals surface area contributed by atoms with Crippen molar-refractivity contribution in [2.75, 3.05) is 7.11 Å². The van der Waals surface area contributed by atoms with E-state index in [4.69, 9.17) is 10.00 Å². The molecule has 2 rings (SSSR count). The minimum Gasteiger partial charge on any atom is -0.480 e. The molecule has 0 atom stereocenters. The molecule has 0 bridgehead atoms. The van der Waals surface area contributed by atoms with Crippen LogP contribution in [0.4, 0.5) is 0 Å². The standard InChI is InChI=1S/C12H9N3O2/c1-17-12-9(7-13)11(16)14-10(15-12)8-5-3-2-4-6-8/h2-6H,1H3,(H,14,15,16). The van der Waals surface area contributed by atoms with E-state index in [2.05, 4.69) is 9.97 Å². The van der Waals surface area contributed by atoms with Gasteiger partial charge < -0.3 is 9.72 Å². The number of H-pyrrole nitrogens is 1. The molecule has 0 spiro atoms. The lowest BCUT2D eigenvalue weighted by atomic mass is 10.2. The summed E-state index contributed by atoms with van der Waals surface area (Å²) in [5.41, 5.74) is 0.137. The van der Waals surface area contributed by atoms with Gasteiger partial charge in [-0.2, -0.15) is 10.2 Å². The van der Waals surface area contributed by atoms with Crippen molar-refractivity contribution in [2.45, 2.75) is 0 Å². The Kier molecular flexibility index (Phi) is 2.88. The molecule has 1 heterocycles. The summed E-state index contributed by atoms with van der Waals surface area (Å²) in [5.74, 6) is 0.418. The van der Waals surface area contributed by atoms with E-state index in [9.17, 15) is 4.79 Å². The molecule has 0 fully saturated rings. The van der Waals surface area contributed by atoms with Gasteiger partial charge in [0.15, 0.2) is 5.56 Å². The second-order valence-corrected chi connectivity index (χ2v) is 3.28. The fourth-order valence-electron chi connectivity index (χ4n) is 1.43. The second-order valence-electron chi connectivity index (χ2n) is 3.28. The van der Waals surface area contributed by atoms with Crippen LogP contribution in [0.5, 0.6) is 5.88 Å². The third-order valence-corrected chi connectivity index (χ3v) is 2.24. The minimum atomic E-state index is -0.502. The SMILES string of the molecule is COc1nc(-c2ccccc2)[nH]c(=O)c1C#N. The van der Waals surface area contributed by atoms with E-state index in [-0.39, 0.29) is 11.4 Å². The maximum atomic E-state index is 11.6. The van der Waals surface area contributed by atoms with Crippen LogP contribution < -0.4 is 10.3 Å². The van der Waals surface area contributed by atoms with Crippen molar-refractivity contribution in [3.8, 4) is 23.3 Å². The zero-order valence-corrected chi connectivity index (χ0v) is 9.10. The molecule has 1 N–H and O–H groups in total. The average Bonchev–Trinajstić information content (AvgIpc) is 2.38. The molecule has 5 heteroatoms. The Morgan fingerprint density at radius 2 is 2.06 bits per heavy atom. The lowest BCUT2D eigenvalue weighted by Crippen LogP contribution is -2.14. The van der Waals surface area contributed by atoms with Gasteiger partial charge in [0.25, 0.3) is 5.56 Å². The Balaban J connectivity index is 2.64. The molecular formula is C12H9N3O2. The molecule has 0 aliphatic carbocycles. The van der Waals surface area contributed by atoms with Crippen LogP contribution in [0.3, 0.4) is 0 Å². The Labute approximate surface area is 97.3 Å². The Morgan fingerprint density at radius 1 is 1.35 bits per heavy atom. The molecule has 5 nitrogen and oxygen atoms in total. The summed E-state index contributed by atoms with van der Waals surface area (Å²) in [4.78, 5) is 18.3. The molecule has 0 saturated carbocycles. The molecule has 1 aromatic carbocycles. The van der Waals surface area contributed by atoms with Gasteiger partial charge in [0.2, 0.25) is 5.88 Å². The van der Waals surface area contributed by atoms with E-state index in [1.54, 1.807) is 6.07 Å². The van der Waals surface area contributed by atoms with Gasteiger partial charge in [-0.25, -0.2) is 0 Å². The Hall–Kier alpha value is -2.61. The molecule has 0 amide bonds. The van der Waals surface area contributed by atoms with Crippen molar-refractivity contribution >= 4 is 0 Å². The lowest BCUT2D eigenvalue weighted by Gasteiger charge is -2.04. The predicted octanol–water partition coefficient (Wildman–Crippen LogP) is 1.32. The van der Waals surface area contributed by atoms with Crippen LogP contribution in [0.1, 0.15) is 5.56 Å². The van der Waals surface area contributed by atoms with E-state index in [0.29, 0.717) is 5.82 Å². The minimum absolute atomic E-state index is 0.0371. The quantitative estimate of drug-likeness (QED) is 0.839. The maximum absolute atomic E-state index is 11.6. The summed E-state index contributed by atoms with van der Waals surface area (Å²) < 4.78 is 4.93. The number of aromatic amines is 1. The smallest absolute Gasteiger partial charge is 0.273 e. The first-order chi connectivity index (χ1) is 8.26. The molecule has 0 saturated heterocycles. The fourth-order valence-corrected chi connectivity index (χ4v) is 1.43. The van der Waals surface area contributed by atoms with Crippen LogP contribution in [0.25, 0.3) is 11.4 Å². The summed E-state index contributed by atoms with van der Waals surface area (Å²) in [6.07, 6.45) is 0. The predicted molar refractivity (Wildman–Crippen MR) is 61.6 cm³/mol. The summed E-state index contributed by atoms with van der Waals surface area (Å²) in [7, 11) is 1.37. The van der Waals surface area contributed by atoms with Gasteiger partial charge in [-0.05, 0) is 0 Å². The molecule has 1 aromatic heterocycles. The van der Waals surface area contributed by atoms with Crippen molar-refractivity contribution in [3.63, 3.8) is 0 Å². The maximum Gasteiger partial charge on any atom is 0.273 e. The number of hydrogen-bond acceptors (Lipinski definition) is 4. The number of nitriles is 1. The Bertz CT molecular complexity index is 626. The molecule has 0 unspecified atom stereocenters. The van der Waals surface area contributed by atoms with Crippen LogP contribution >= 0.6 is 0 Å². The van der Waals surface area contributed by atoms with Crippen LogP contribution in [0.2, 0.25) is 0 Å². The normalized spacial score (nSPS) is 9.65. The highest BCUT2D eigenvalue weighted by molar-refractivity contribution is 5.56. The summed E-state index contributed by atoms with van der Waals surface area (Å²) in [6, 6.07) is 10.9. The number of methoxy groups -OCH3 is 1. The van der Waals surface area contributed by atoms with Gasteiger partial charge in [0, 0.05) is 5.56 Å². The topological polar surface area (TPSA) is 78.8 Å². The zero-order chi connectivity index (χ0) is 12.3. The number of aromatic nitrogens is 2. The van der Waals surface area contributed by atoms with Gasteiger partial charge in [0.1, 0.15) is 11.9 Å². The van der Waals surface area contributed by atoms with Crippen LogP contribution in [0.15, 0.2) is 35.1 Å². The average molecular weight is 227 g/mol. The number of benzene rings is 1. The van der Waals surface area contributed by atoms with E-state index in [1.807, 2.05) is 30.3 Å². The first kappa shape index (κ1) is 10.9. The van der Waals surface area contributed by atoms with Gasteiger partial charge in [-0.3, -0.25) is 4.79 Å². The van der Waals surface area contributed by atoms with Gasteiger partial charge in [-0.15, -0.1) is 0 Å². The largest absolute Gasteiger partial charge is 0.480 e. The molecule has 84 valence electrons. The first-order valence-electron chi connectivity index (χ1n) is 4.90. The van der Waals surface area contributed by atoms with Crippen LogP contribution in [0, 0.1) is 11.3 Å². The van der Waals surface area contributed by atoms with Gasteiger partial charge in [0.05, 0.1) is 7.11 Å². The molecule has 2 aromatic rings. The fraction of sp³-hybridized carbons (Fsp3) is 0.0833. The van der Waals surface area contributed by atoms with E-state index < -0.39 is 5.56 Å². The van der Waals surface area contributed by atoms with E-state index in [0.717, 1.165) is 5.56 Å². The third kappa shape index (κ3) is 2.01. The van der Waals surface area contributed by atoms with E-state index in [1.165, 1.54) is 7.11 Å². The molecular weight excluding hydrogens is 218 g/mol. The Morgan fingerprint density at radius 3 is 2.65 bits per heavy atom. The molecule has 0 aliphatic heterocycles. The van der Waals surface area contributed by atoms with Crippen molar-refractivity contribution in [2.24, 2.45) is 0 Å². The third-order valence-electron chi connectivity index (χ3n) is 2.24. The first-order valence-corrected chi connectivity index (χ1v) is 4.90. The number of ether oxygens (including phenoxy) is 1. The highest BCUT2D eigenvalue weighted by Gasteiger charge is 2.12. The van der Waals surface area contributed by atoms with Crippen molar-refractivity contribution in [3.05, 3.63) is 46.2 Å². The highest BCUT2D eigenvalue weighted by atomic mass is 16.5. The van der Waals surface area contributed by atoms with Gasteiger partial charge >= 0.3 is 0 Å². The van der Waals surface area contributed by atoms with E-state index >= 15 is 0 Å². The number of rotatable bonds is 2. The zero-order valence-electron chi connectivity index (χ0n) is 9.10. The number of nitrogens with zero attached hydrogens (tertiary/aromatic N) is 2. The molecule has 17 heavy (non-hydrogen) atoms. The van der Waals surface area contributed by atoms with Gasteiger partial charge in [-0.1, -0.05) is 30.3 Å². The summed E-state index contributed by atoms with van der Waals surface area (Å²) in [6.45, 7) is 0. The number of hydrogen-bond donors (Lipinski definition) is 1. The van der Waals surface area contributed by atoms with Crippen LogP contribution in [-0.4, -0.2) is 17.1 Å². The van der Waals surface area contributed by atoms with Crippen LogP contribution in [-0.2, 0) is 0 Å². The summed E-state index contributed by atoms with van der Waals surface area (Å²) >= 11 is 0. The van der Waals surface area contributed by atoms with Crippen molar-refractivity contribution in [1.82, 2.24) is 9.97 Å². The summed E-state index contributed by atoms with van der Waals surface area (Å²) in [5, 5.41) is 8.80. The second kappa shape index (κ2) is 4.49. The molecule has 0 radical (unpaired) electrons. The number of nitrogens with one attached hydrogen (secondary N) is 1. The molecule has 0 aliphatic rings.